The lowest BCUT2D eigenvalue weighted by Gasteiger charge is -2.31. The molecule has 1 aliphatic carbocycles. The number of aromatic nitrogens is 6. The highest BCUT2D eigenvalue weighted by Crippen LogP contribution is 2.35. The van der Waals surface area contributed by atoms with Crippen LogP contribution in [0.4, 0.5) is 36.6 Å². The first-order chi connectivity index (χ1) is 23.8. The number of sulfonamides is 1. The van der Waals surface area contributed by atoms with Crippen LogP contribution < -0.4 is 24.3 Å². The molecule has 20 heteroatoms. The molecule has 6 rings (SSSR count). The Bertz CT molecular complexity index is 1900. The molecule has 1 saturated carbocycles. The first-order valence-corrected chi connectivity index (χ1v) is 17.8. The second-order valence-corrected chi connectivity index (χ2v) is 14.1. The molecule has 0 amide bonds. The fourth-order valence-corrected chi connectivity index (χ4v) is 6.80. The quantitative estimate of drug-likeness (QED) is 0.115. The Hall–Kier alpha value is -4.37. The molecule has 270 valence electrons. The predicted molar refractivity (Wildman–Crippen MR) is 175 cm³/mol. The Balaban J connectivity index is 1.25. The van der Waals surface area contributed by atoms with Gasteiger partial charge in [-0.1, -0.05) is 5.06 Å². The minimum atomic E-state index is -4.51. The van der Waals surface area contributed by atoms with Gasteiger partial charge in [-0.05, 0) is 31.7 Å². The monoisotopic (exact) mass is 724 g/mol. The molecule has 1 saturated heterocycles. The number of rotatable bonds is 11. The zero-order valence-corrected chi connectivity index (χ0v) is 28.2. The molecule has 2 aliphatic rings. The van der Waals surface area contributed by atoms with Gasteiger partial charge < -0.3 is 24.8 Å². The van der Waals surface area contributed by atoms with Gasteiger partial charge in [0.25, 0.3) is 0 Å². The van der Waals surface area contributed by atoms with E-state index in [1.54, 1.807) is 13.1 Å². The SMILES string of the molecule is Cn1c(CN(c2cnc3cc(N4CCOCC4)nc(OC4CCC(Nc5ncc(C(F)(F)F)cn5)CC4)c3c2)S(C)(=O)=O)cnc1[NH+](O)C[OH2+]. The lowest BCUT2D eigenvalue weighted by atomic mass is 9.93. The van der Waals surface area contributed by atoms with Crippen molar-refractivity contribution in [2.24, 2.45) is 7.05 Å². The van der Waals surface area contributed by atoms with Gasteiger partial charge >= 0.3 is 18.9 Å². The number of hydrogen-bond donors (Lipinski definition) is 3. The molecular weight excluding hydrogens is 685 g/mol. The molecule has 0 bridgehead atoms. The van der Waals surface area contributed by atoms with Crippen LogP contribution in [-0.2, 0) is 34.5 Å². The normalized spacial score (nSPS) is 19.4. The summed E-state index contributed by atoms with van der Waals surface area (Å²) in [7, 11) is -2.20. The predicted octanol–water partition coefficient (Wildman–Crippen LogP) is 1.36. The van der Waals surface area contributed by atoms with Crippen molar-refractivity contribution in [1.29, 1.82) is 0 Å². The van der Waals surface area contributed by atoms with Crippen LogP contribution in [0.25, 0.3) is 10.9 Å². The molecular formula is C30H39F3N10O6S+2. The van der Waals surface area contributed by atoms with Crippen LogP contribution in [0, 0.1) is 0 Å². The summed E-state index contributed by atoms with van der Waals surface area (Å²) in [6, 6.07) is 3.44. The number of quaternary nitrogens is 1. The Morgan fingerprint density at radius 3 is 2.42 bits per heavy atom. The number of anilines is 3. The maximum absolute atomic E-state index is 13.1. The van der Waals surface area contributed by atoms with Crippen molar-refractivity contribution in [3.8, 4) is 5.88 Å². The van der Waals surface area contributed by atoms with E-state index < -0.39 is 21.8 Å². The fraction of sp³-hybridized carbons (Fsp3) is 0.500. The van der Waals surface area contributed by atoms with E-state index in [2.05, 4.69) is 30.2 Å². The Morgan fingerprint density at radius 2 is 1.78 bits per heavy atom. The number of hydrogen-bond acceptors (Lipinski definition) is 12. The van der Waals surface area contributed by atoms with Crippen molar-refractivity contribution in [2.75, 3.05) is 53.8 Å². The third kappa shape index (κ3) is 7.99. The summed E-state index contributed by atoms with van der Waals surface area (Å²) >= 11 is 0. The van der Waals surface area contributed by atoms with Crippen molar-refractivity contribution >= 4 is 44.3 Å². The van der Waals surface area contributed by atoms with Gasteiger partial charge in [0.1, 0.15) is 11.9 Å². The Kier molecular flexibility index (Phi) is 10.3. The van der Waals surface area contributed by atoms with E-state index in [1.807, 2.05) is 6.07 Å². The Labute approximate surface area is 285 Å². The number of ether oxygens (including phenoxy) is 2. The van der Waals surface area contributed by atoms with Crippen LogP contribution in [0.2, 0.25) is 0 Å². The molecule has 1 atom stereocenters. The number of fused-ring (bicyclic) bond motifs is 1. The van der Waals surface area contributed by atoms with Gasteiger partial charge in [-0.15, -0.1) is 0 Å². The summed E-state index contributed by atoms with van der Waals surface area (Å²) in [4.78, 5) is 23.4. The van der Waals surface area contributed by atoms with Gasteiger partial charge in [-0.25, -0.2) is 23.6 Å². The van der Waals surface area contributed by atoms with E-state index >= 15 is 0 Å². The first-order valence-electron chi connectivity index (χ1n) is 15.9. The average molecular weight is 725 g/mol. The number of hydroxylamine groups is 1. The number of imidazole rings is 1. The number of nitrogens with zero attached hydrogens (tertiary/aromatic N) is 8. The first kappa shape index (κ1) is 35.5. The van der Waals surface area contributed by atoms with Gasteiger partial charge in [0.2, 0.25) is 21.9 Å². The lowest BCUT2D eigenvalue weighted by molar-refractivity contribution is -1.05. The zero-order valence-electron chi connectivity index (χ0n) is 27.4. The van der Waals surface area contributed by atoms with Gasteiger partial charge in [-0.3, -0.25) is 13.9 Å². The fourth-order valence-electron chi connectivity index (χ4n) is 5.95. The maximum atomic E-state index is 13.1. The van der Waals surface area contributed by atoms with Crippen LogP contribution in [0.5, 0.6) is 5.88 Å². The van der Waals surface area contributed by atoms with Crippen LogP contribution in [0.3, 0.4) is 0 Å². The van der Waals surface area contributed by atoms with E-state index in [9.17, 15) is 26.8 Å². The van der Waals surface area contributed by atoms with Gasteiger partial charge in [0, 0.05) is 44.6 Å². The summed E-state index contributed by atoms with van der Waals surface area (Å²) in [5, 5.41) is 20.9. The van der Waals surface area contributed by atoms with Crippen molar-refractivity contribution in [3.05, 3.63) is 48.2 Å². The highest BCUT2D eigenvalue weighted by atomic mass is 32.2. The molecule has 16 nitrogen and oxygen atoms in total. The molecule has 4 aromatic rings. The molecule has 1 aliphatic heterocycles. The molecule has 5 N–H and O–H groups in total. The third-order valence-corrected chi connectivity index (χ3v) is 9.86. The van der Waals surface area contributed by atoms with Gasteiger partial charge in [0.15, 0.2) is 0 Å². The van der Waals surface area contributed by atoms with Gasteiger partial charge in [0.05, 0.1) is 66.3 Å². The number of pyridine rings is 2. The largest absolute Gasteiger partial charge is 0.474 e. The Morgan fingerprint density at radius 1 is 1.08 bits per heavy atom. The summed E-state index contributed by atoms with van der Waals surface area (Å²) in [5.41, 5.74) is 0.393. The second-order valence-electron chi connectivity index (χ2n) is 12.2. The minimum Gasteiger partial charge on any atom is -0.474 e. The highest BCUT2D eigenvalue weighted by molar-refractivity contribution is 7.92. The average Bonchev–Trinajstić information content (AvgIpc) is 3.46. The zero-order chi connectivity index (χ0) is 35.6. The van der Waals surface area contributed by atoms with Crippen LogP contribution >= 0.6 is 0 Å². The van der Waals surface area contributed by atoms with E-state index in [0.29, 0.717) is 80.3 Å². The van der Waals surface area contributed by atoms with Crippen LogP contribution in [0.1, 0.15) is 36.9 Å². The maximum Gasteiger partial charge on any atom is 0.419 e. The van der Waals surface area contributed by atoms with Gasteiger partial charge in [-0.2, -0.15) is 23.1 Å². The van der Waals surface area contributed by atoms with Crippen molar-refractivity contribution < 1.29 is 46.4 Å². The van der Waals surface area contributed by atoms with Crippen molar-refractivity contribution in [3.63, 3.8) is 0 Å². The molecule has 2 fully saturated rings. The van der Waals surface area contributed by atoms with E-state index in [0.717, 1.165) is 18.6 Å². The minimum absolute atomic E-state index is 0.0688. The standard InChI is InChI=1S/C30H37F3N10O6S/c1-40-22(16-37-29(40)42(45)18-44)17-43(50(2,46)47)21-11-24-25(34-15-21)12-26(41-7-9-48-10-8-41)39-27(24)49-23-5-3-20(4-6-23)38-28-35-13-19(14-36-28)30(31,32)33/h11-16,20,23,44-45H,3-10,17-18H2,1-2H3,(H,35,36,38)/p+2. The molecule has 1 unspecified atom stereocenters. The van der Waals surface area contributed by atoms with E-state index in [4.69, 9.17) is 19.6 Å². The molecule has 0 radical (unpaired) electrons. The number of halogens is 3. The summed E-state index contributed by atoms with van der Waals surface area (Å²) in [6.45, 7) is 1.84. The number of morpholine rings is 1. The molecule has 5 heterocycles. The smallest absolute Gasteiger partial charge is 0.419 e. The van der Waals surface area contributed by atoms with Crippen LogP contribution in [-0.4, -0.2) is 99.7 Å². The van der Waals surface area contributed by atoms with E-state index in [1.165, 1.54) is 21.3 Å². The lowest BCUT2D eigenvalue weighted by Crippen LogP contribution is -3.05. The highest BCUT2D eigenvalue weighted by Gasteiger charge is 2.32. The van der Waals surface area contributed by atoms with Crippen molar-refractivity contribution in [1.82, 2.24) is 29.5 Å². The molecule has 0 spiro atoms. The molecule has 50 heavy (non-hydrogen) atoms. The van der Waals surface area contributed by atoms with Crippen LogP contribution in [0.15, 0.2) is 36.9 Å². The van der Waals surface area contributed by atoms with Crippen molar-refractivity contribution in [2.45, 2.75) is 50.6 Å². The molecule has 0 aromatic carbocycles. The molecule has 4 aromatic heterocycles. The summed E-state index contributed by atoms with van der Waals surface area (Å²) < 4.78 is 79.7. The second kappa shape index (κ2) is 14.5. The third-order valence-electron chi connectivity index (χ3n) is 8.72. The summed E-state index contributed by atoms with van der Waals surface area (Å²) in [5.74, 6) is 1.24. The van der Waals surface area contributed by atoms with E-state index in [-0.39, 0.29) is 48.1 Å². The topological polar surface area (TPSA) is 188 Å². The number of alkyl halides is 3. The summed E-state index contributed by atoms with van der Waals surface area (Å²) in [6.07, 6.45) is 3.26. The number of nitrogens with one attached hydrogen (secondary N) is 2.